The maximum Gasteiger partial charge on any atom is 0.304 e. The van der Waals surface area contributed by atoms with Crippen molar-refractivity contribution in [3.63, 3.8) is 0 Å². The highest BCUT2D eigenvalue weighted by atomic mass is 32.1. The number of carbonyl (C=O) groups is 1. The molecule has 0 unspecified atom stereocenters. The molecule has 6 nitrogen and oxygen atoms in total. The van der Waals surface area contributed by atoms with Crippen LogP contribution in [-0.4, -0.2) is 51.6 Å². The van der Waals surface area contributed by atoms with Gasteiger partial charge in [0.25, 0.3) is 0 Å². The molecule has 1 fully saturated rings. The number of carboxylic acids is 1. The van der Waals surface area contributed by atoms with Crippen molar-refractivity contribution in [2.24, 2.45) is 0 Å². The van der Waals surface area contributed by atoms with Crippen LogP contribution in [0.15, 0.2) is 6.33 Å². The Labute approximate surface area is 157 Å². The quantitative estimate of drug-likeness (QED) is 0.808. The van der Waals surface area contributed by atoms with Gasteiger partial charge in [-0.3, -0.25) is 4.79 Å². The molecule has 0 bridgehead atoms. The van der Waals surface area contributed by atoms with E-state index < -0.39 is 5.97 Å². The summed E-state index contributed by atoms with van der Waals surface area (Å²) >= 11 is 1.83. The molecule has 26 heavy (non-hydrogen) atoms. The van der Waals surface area contributed by atoms with Crippen molar-refractivity contribution in [3.8, 4) is 0 Å². The van der Waals surface area contributed by atoms with Crippen molar-refractivity contribution >= 4 is 33.3 Å². The zero-order valence-electron chi connectivity index (χ0n) is 15.2. The molecule has 2 N–H and O–H groups in total. The van der Waals surface area contributed by atoms with Gasteiger partial charge in [-0.1, -0.05) is 0 Å². The minimum Gasteiger partial charge on any atom is -0.481 e. The Morgan fingerprint density at radius 2 is 2.12 bits per heavy atom. The van der Waals surface area contributed by atoms with Gasteiger partial charge in [0, 0.05) is 23.5 Å². The second-order valence-electron chi connectivity index (χ2n) is 7.53. The fraction of sp³-hybridized carbons (Fsp3) is 0.632. The number of aliphatic carboxylic acids is 1. The van der Waals surface area contributed by atoms with Gasteiger partial charge in [0.1, 0.15) is 17.0 Å². The maximum atomic E-state index is 10.8. The number of hydrogen-bond acceptors (Lipinski definition) is 6. The fourth-order valence-corrected chi connectivity index (χ4v) is 5.58. The highest BCUT2D eigenvalue weighted by molar-refractivity contribution is 7.19. The van der Waals surface area contributed by atoms with Gasteiger partial charge in [0.05, 0.1) is 11.8 Å². The number of nitrogens with one attached hydrogen (secondary N) is 1. The molecule has 140 valence electrons. The first kappa shape index (κ1) is 17.7. The van der Waals surface area contributed by atoms with E-state index in [1.54, 1.807) is 6.33 Å². The predicted molar refractivity (Wildman–Crippen MR) is 104 cm³/mol. The molecule has 0 aliphatic heterocycles. The monoisotopic (exact) mass is 374 g/mol. The van der Waals surface area contributed by atoms with Gasteiger partial charge in [0.15, 0.2) is 0 Å². The van der Waals surface area contributed by atoms with Gasteiger partial charge in [-0.05, 0) is 57.6 Å². The van der Waals surface area contributed by atoms with Gasteiger partial charge in [-0.15, -0.1) is 11.3 Å². The third kappa shape index (κ3) is 3.55. The smallest absolute Gasteiger partial charge is 0.304 e. The first-order valence-electron chi connectivity index (χ1n) is 9.55. The third-order valence-electron chi connectivity index (χ3n) is 5.84. The first-order chi connectivity index (χ1) is 12.6. The lowest BCUT2D eigenvalue weighted by Crippen LogP contribution is -2.39. The van der Waals surface area contributed by atoms with Gasteiger partial charge in [-0.2, -0.15) is 0 Å². The van der Waals surface area contributed by atoms with E-state index in [-0.39, 0.29) is 6.42 Å². The summed E-state index contributed by atoms with van der Waals surface area (Å²) in [6.45, 7) is 0.631. The molecule has 0 atom stereocenters. The van der Waals surface area contributed by atoms with Crippen LogP contribution in [0.4, 0.5) is 5.82 Å². The van der Waals surface area contributed by atoms with E-state index in [2.05, 4.69) is 20.2 Å². The summed E-state index contributed by atoms with van der Waals surface area (Å²) in [4.78, 5) is 24.6. The fourth-order valence-electron chi connectivity index (χ4n) is 4.35. The molecule has 4 rings (SSSR count). The summed E-state index contributed by atoms with van der Waals surface area (Å²) in [5.41, 5.74) is 1.47. The lowest BCUT2D eigenvalue weighted by atomic mass is 9.90. The minimum atomic E-state index is -0.719. The lowest BCUT2D eigenvalue weighted by molar-refractivity contribution is -0.137. The van der Waals surface area contributed by atoms with Crippen molar-refractivity contribution in [1.29, 1.82) is 0 Å². The number of thiophene rings is 1. The van der Waals surface area contributed by atoms with Crippen molar-refractivity contribution in [2.75, 3.05) is 18.9 Å². The average molecular weight is 375 g/mol. The largest absolute Gasteiger partial charge is 0.481 e. The second-order valence-corrected chi connectivity index (χ2v) is 8.62. The second kappa shape index (κ2) is 7.48. The third-order valence-corrected chi connectivity index (χ3v) is 7.04. The van der Waals surface area contributed by atoms with E-state index in [1.807, 2.05) is 18.4 Å². The van der Waals surface area contributed by atoms with Crippen molar-refractivity contribution in [3.05, 3.63) is 16.8 Å². The Balaban J connectivity index is 1.39. The van der Waals surface area contributed by atoms with Crippen LogP contribution in [0.2, 0.25) is 0 Å². The molecular formula is C19H26N4O2S. The van der Waals surface area contributed by atoms with Crippen molar-refractivity contribution in [1.82, 2.24) is 14.9 Å². The molecule has 2 heterocycles. The van der Waals surface area contributed by atoms with Gasteiger partial charge in [0.2, 0.25) is 0 Å². The number of hydrogen-bond donors (Lipinski definition) is 2. The van der Waals surface area contributed by atoms with Crippen LogP contribution in [0.25, 0.3) is 10.2 Å². The van der Waals surface area contributed by atoms with Crippen LogP contribution < -0.4 is 5.32 Å². The summed E-state index contributed by atoms with van der Waals surface area (Å²) in [5, 5.41) is 13.8. The Morgan fingerprint density at radius 1 is 1.31 bits per heavy atom. The highest BCUT2D eigenvalue weighted by Crippen LogP contribution is 2.39. The van der Waals surface area contributed by atoms with Gasteiger partial charge in [-0.25, -0.2) is 9.97 Å². The molecule has 0 radical (unpaired) electrons. The van der Waals surface area contributed by atoms with Crippen LogP contribution in [0.1, 0.15) is 49.0 Å². The molecule has 0 spiro atoms. The van der Waals surface area contributed by atoms with E-state index in [9.17, 15) is 4.79 Å². The van der Waals surface area contributed by atoms with Crippen LogP contribution in [0.5, 0.6) is 0 Å². The number of aromatic nitrogens is 2. The van der Waals surface area contributed by atoms with Crippen LogP contribution in [0.3, 0.4) is 0 Å². The van der Waals surface area contributed by atoms with E-state index in [0.717, 1.165) is 42.8 Å². The number of anilines is 1. The number of fused-ring (bicyclic) bond motifs is 3. The minimum absolute atomic E-state index is 0.219. The van der Waals surface area contributed by atoms with Crippen molar-refractivity contribution < 1.29 is 9.90 Å². The molecule has 0 amide bonds. The van der Waals surface area contributed by atoms with E-state index in [1.165, 1.54) is 28.7 Å². The molecule has 2 aliphatic rings. The maximum absolute atomic E-state index is 10.8. The van der Waals surface area contributed by atoms with Crippen molar-refractivity contribution in [2.45, 2.75) is 63.5 Å². The molecular weight excluding hydrogens is 348 g/mol. The summed E-state index contributed by atoms with van der Waals surface area (Å²) < 4.78 is 0. The SMILES string of the molecule is CN(CCC(=O)O)C1CCC(Nc2ncnc3sc4c(c23)CCC4)CC1. The van der Waals surface area contributed by atoms with E-state index in [0.29, 0.717) is 18.6 Å². The Hall–Kier alpha value is -1.73. The Bertz CT molecular complexity index is 798. The Morgan fingerprint density at radius 3 is 2.88 bits per heavy atom. The average Bonchev–Trinajstić information content (AvgIpc) is 3.21. The lowest BCUT2D eigenvalue weighted by Gasteiger charge is -2.35. The standard InChI is InChI=1S/C19H26N4O2S/c1-23(10-9-16(24)25)13-7-5-12(6-8-13)22-18-17-14-3-2-4-15(14)26-19(17)21-11-20-18/h11-13H,2-10H2,1H3,(H,24,25)(H,20,21,22). The van der Waals surface area contributed by atoms with Crippen LogP contribution in [-0.2, 0) is 17.6 Å². The van der Waals surface area contributed by atoms with Crippen LogP contribution >= 0.6 is 11.3 Å². The molecule has 2 aliphatic carbocycles. The Kier molecular flexibility index (Phi) is 5.09. The molecule has 2 aromatic heterocycles. The number of nitrogens with zero attached hydrogens (tertiary/aromatic N) is 3. The highest BCUT2D eigenvalue weighted by Gasteiger charge is 2.26. The number of carboxylic acid groups (broad SMARTS) is 1. The molecule has 7 heteroatoms. The summed E-state index contributed by atoms with van der Waals surface area (Å²) in [5.74, 6) is 0.292. The van der Waals surface area contributed by atoms with Gasteiger partial charge >= 0.3 is 5.97 Å². The summed E-state index contributed by atoms with van der Waals surface area (Å²) in [7, 11) is 2.05. The van der Waals surface area contributed by atoms with Gasteiger partial charge < -0.3 is 15.3 Å². The zero-order chi connectivity index (χ0) is 18.1. The topological polar surface area (TPSA) is 78.4 Å². The zero-order valence-corrected chi connectivity index (χ0v) is 16.0. The molecule has 2 aromatic rings. The first-order valence-corrected chi connectivity index (χ1v) is 10.4. The molecule has 1 saturated carbocycles. The molecule has 0 aromatic carbocycles. The van der Waals surface area contributed by atoms with E-state index >= 15 is 0 Å². The molecule has 0 saturated heterocycles. The summed E-state index contributed by atoms with van der Waals surface area (Å²) in [6.07, 6.45) is 9.88. The summed E-state index contributed by atoms with van der Waals surface area (Å²) in [6, 6.07) is 0.928. The normalized spacial score (nSPS) is 22.7. The number of aryl methyl sites for hydroxylation is 2. The van der Waals surface area contributed by atoms with Crippen LogP contribution in [0, 0.1) is 0 Å². The predicted octanol–water partition coefficient (Wildman–Crippen LogP) is 3.31. The number of rotatable bonds is 6. The van der Waals surface area contributed by atoms with E-state index in [4.69, 9.17) is 5.11 Å².